The van der Waals surface area contributed by atoms with E-state index in [0.29, 0.717) is 24.0 Å². The lowest BCUT2D eigenvalue weighted by Gasteiger charge is -2.21. The molecule has 0 aromatic heterocycles. The highest BCUT2D eigenvalue weighted by Crippen LogP contribution is 2.18. The molecule has 2 rings (SSSR count). The van der Waals surface area contributed by atoms with Gasteiger partial charge in [0, 0.05) is 45.6 Å². The number of guanidine groups is 1. The van der Waals surface area contributed by atoms with Gasteiger partial charge in [0.05, 0.1) is 17.0 Å². The van der Waals surface area contributed by atoms with Crippen molar-refractivity contribution in [3.05, 3.63) is 39.9 Å². The molecular weight excluding hydrogens is 475 g/mol. The molecule has 1 fully saturated rings. The van der Waals surface area contributed by atoms with Gasteiger partial charge in [-0.15, -0.1) is 24.0 Å². The summed E-state index contributed by atoms with van der Waals surface area (Å²) in [7, 11) is 0. The summed E-state index contributed by atoms with van der Waals surface area (Å²) in [5, 5.41) is 17.5. The van der Waals surface area contributed by atoms with Crippen molar-refractivity contribution in [3.63, 3.8) is 0 Å². The third-order valence-corrected chi connectivity index (χ3v) is 4.39. The van der Waals surface area contributed by atoms with Crippen LogP contribution >= 0.6 is 24.0 Å². The number of para-hydroxylation sites is 1. The Kier molecular flexibility index (Phi) is 12.8. The van der Waals surface area contributed by atoms with Gasteiger partial charge in [0.15, 0.2) is 5.96 Å². The normalized spacial score (nSPS) is 15.0. The van der Waals surface area contributed by atoms with Gasteiger partial charge in [0.2, 0.25) is 0 Å². The second-order valence-electron chi connectivity index (χ2n) is 6.49. The molecule has 0 atom stereocenters. The van der Waals surface area contributed by atoms with E-state index in [0.717, 1.165) is 52.2 Å². The summed E-state index contributed by atoms with van der Waals surface area (Å²) in [6.07, 6.45) is 3.04. The van der Waals surface area contributed by atoms with Crippen molar-refractivity contribution >= 4 is 35.6 Å². The van der Waals surface area contributed by atoms with E-state index in [2.05, 4.69) is 15.6 Å². The number of aliphatic imine (C=N–C) groups is 1. The van der Waals surface area contributed by atoms with Crippen LogP contribution in [0.5, 0.6) is 0 Å². The molecule has 9 heteroatoms. The SMILES string of the molecule is CCNC(=NCc1ccccc1[N+](=O)[O-])NCCCOCC1CCOCC1.I. The third kappa shape index (κ3) is 9.16. The molecule has 1 aromatic carbocycles. The van der Waals surface area contributed by atoms with Gasteiger partial charge in [-0.2, -0.15) is 0 Å². The quantitative estimate of drug-likeness (QED) is 0.126. The van der Waals surface area contributed by atoms with E-state index >= 15 is 0 Å². The number of benzene rings is 1. The van der Waals surface area contributed by atoms with E-state index in [1.54, 1.807) is 18.2 Å². The van der Waals surface area contributed by atoms with Crippen molar-refractivity contribution in [2.24, 2.45) is 10.9 Å². The fourth-order valence-electron chi connectivity index (χ4n) is 2.87. The molecular formula is C19H31IN4O4. The minimum atomic E-state index is -0.374. The Morgan fingerprint density at radius 3 is 2.79 bits per heavy atom. The Hall–Kier alpha value is -1.46. The number of hydrogen-bond donors (Lipinski definition) is 2. The van der Waals surface area contributed by atoms with Crippen molar-refractivity contribution in [1.29, 1.82) is 0 Å². The number of nitro groups is 1. The number of nitrogens with zero attached hydrogens (tertiary/aromatic N) is 2. The van der Waals surface area contributed by atoms with E-state index in [-0.39, 0.29) is 41.1 Å². The van der Waals surface area contributed by atoms with Gasteiger partial charge in [0.1, 0.15) is 0 Å². The van der Waals surface area contributed by atoms with E-state index in [1.807, 2.05) is 6.92 Å². The predicted molar refractivity (Wildman–Crippen MR) is 120 cm³/mol. The molecule has 0 aliphatic carbocycles. The number of ether oxygens (including phenoxy) is 2. The molecule has 0 unspecified atom stereocenters. The zero-order valence-electron chi connectivity index (χ0n) is 16.4. The van der Waals surface area contributed by atoms with E-state index in [9.17, 15) is 10.1 Å². The van der Waals surface area contributed by atoms with Crippen LogP contribution in [0.1, 0.15) is 31.7 Å². The van der Waals surface area contributed by atoms with E-state index in [4.69, 9.17) is 9.47 Å². The molecule has 158 valence electrons. The van der Waals surface area contributed by atoms with Crippen LogP contribution in [0.15, 0.2) is 29.3 Å². The summed E-state index contributed by atoms with van der Waals surface area (Å²) in [6.45, 7) is 6.89. The monoisotopic (exact) mass is 506 g/mol. The molecule has 0 spiro atoms. The van der Waals surface area contributed by atoms with E-state index in [1.165, 1.54) is 6.07 Å². The Labute approximate surface area is 183 Å². The summed E-state index contributed by atoms with van der Waals surface area (Å²) in [4.78, 5) is 15.2. The molecule has 1 aliphatic heterocycles. The van der Waals surface area contributed by atoms with Gasteiger partial charge in [-0.05, 0) is 32.1 Å². The molecule has 1 aromatic rings. The lowest BCUT2D eigenvalue weighted by atomic mass is 10.0. The van der Waals surface area contributed by atoms with Crippen molar-refractivity contribution in [3.8, 4) is 0 Å². The van der Waals surface area contributed by atoms with Crippen LogP contribution in [0.4, 0.5) is 5.69 Å². The van der Waals surface area contributed by atoms with Crippen LogP contribution in [-0.4, -0.2) is 50.4 Å². The summed E-state index contributed by atoms with van der Waals surface area (Å²) in [5.74, 6) is 1.27. The molecule has 0 bridgehead atoms. The van der Waals surface area contributed by atoms with Gasteiger partial charge in [-0.1, -0.05) is 18.2 Å². The first-order chi connectivity index (χ1) is 13.2. The fourth-order valence-corrected chi connectivity index (χ4v) is 2.87. The average molecular weight is 506 g/mol. The maximum Gasteiger partial charge on any atom is 0.274 e. The Morgan fingerprint density at radius 2 is 2.07 bits per heavy atom. The molecule has 8 nitrogen and oxygen atoms in total. The van der Waals surface area contributed by atoms with E-state index < -0.39 is 0 Å². The third-order valence-electron chi connectivity index (χ3n) is 4.39. The van der Waals surface area contributed by atoms with Crippen LogP contribution in [0, 0.1) is 16.0 Å². The van der Waals surface area contributed by atoms with Crippen LogP contribution in [0.25, 0.3) is 0 Å². The van der Waals surface area contributed by atoms with Gasteiger partial charge in [0.25, 0.3) is 5.69 Å². The zero-order valence-corrected chi connectivity index (χ0v) is 18.7. The summed E-state index contributed by atoms with van der Waals surface area (Å²) < 4.78 is 11.1. The smallest absolute Gasteiger partial charge is 0.274 e. The molecule has 1 saturated heterocycles. The van der Waals surface area contributed by atoms with Crippen molar-refractivity contribution in [2.75, 3.05) is 39.5 Å². The minimum absolute atomic E-state index is 0. The highest BCUT2D eigenvalue weighted by molar-refractivity contribution is 14.0. The largest absolute Gasteiger partial charge is 0.381 e. The van der Waals surface area contributed by atoms with Crippen LogP contribution in [0.2, 0.25) is 0 Å². The second-order valence-corrected chi connectivity index (χ2v) is 6.49. The highest BCUT2D eigenvalue weighted by atomic mass is 127. The topological polar surface area (TPSA) is 98.0 Å². The molecule has 2 N–H and O–H groups in total. The predicted octanol–water partition coefficient (Wildman–Crippen LogP) is 3.10. The first-order valence-electron chi connectivity index (χ1n) is 9.60. The van der Waals surface area contributed by atoms with Gasteiger partial charge >= 0.3 is 0 Å². The van der Waals surface area contributed by atoms with Gasteiger partial charge in [-0.3, -0.25) is 10.1 Å². The van der Waals surface area contributed by atoms with Crippen LogP contribution in [-0.2, 0) is 16.0 Å². The first-order valence-corrected chi connectivity index (χ1v) is 9.60. The molecule has 0 radical (unpaired) electrons. The number of nitrogens with one attached hydrogen (secondary N) is 2. The summed E-state index contributed by atoms with van der Waals surface area (Å²) in [5.41, 5.74) is 0.693. The van der Waals surface area contributed by atoms with Crippen molar-refractivity contribution in [1.82, 2.24) is 10.6 Å². The molecule has 0 saturated carbocycles. The van der Waals surface area contributed by atoms with Crippen molar-refractivity contribution < 1.29 is 14.4 Å². The lowest BCUT2D eigenvalue weighted by molar-refractivity contribution is -0.385. The zero-order chi connectivity index (χ0) is 19.3. The Morgan fingerprint density at radius 1 is 1.32 bits per heavy atom. The van der Waals surface area contributed by atoms with Crippen LogP contribution < -0.4 is 10.6 Å². The minimum Gasteiger partial charge on any atom is -0.381 e. The summed E-state index contributed by atoms with van der Waals surface area (Å²) >= 11 is 0. The Balaban J connectivity index is 0.00000392. The number of rotatable bonds is 10. The van der Waals surface area contributed by atoms with Gasteiger partial charge < -0.3 is 20.1 Å². The average Bonchev–Trinajstić information content (AvgIpc) is 2.69. The molecule has 0 amide bonds. The number of nitro benzene ring substituents is 1. The molecule has 1 aliphatic rings. The first kappa shape index (κ1) is 24.6. The van der Waals surface area contributed by atoms with Crippen LogP contribution in [0.3, 0.4) is 0 Å². The fraction of sp³-hybridized carbons (Fsp3) is 0.632. The maximum absolute atomic E-state index is 11.1. The van der Waals surface area contributed by atoms with Crippen molar-refractivity contribution in [2.45, 2.75) is 32.7 Å². The molecule has 28 heavy (non-hydrogen) atoms. The lowest BCUT2D eigenvalue weighted by Crippen LogP contribution is -2.38. The number of halogens is 1. The number of hydrogen-bond acceptors (Lipinski definition) is 5. The second kappa shape index (κ2) is 14.5. The summed E-state index contributed by atoms with van der Waals surface area (Å²) in [6, 6.07) is 6.68. The highest BCUT2D eigenvalue weighted by Gasteiger charge is 2.13. The Bertz CT molecular complexity index is 609. The maximum atomic E-state index is 11.1. The molecule has 1 heterocycles. The standard InChI is InChI=1S/C19H30N4O4.HI/c1-2-20-19(22-14-17-6-3-4-7-18(17)23(24)25)21-10-5-11-27-15-16-8-12-26-13-9-16;/h3-4,6-7,16H,2,5,8-15H2,1H3,(H2,20,21,22);1H. The van der Waals surface area contributed by atoms with Gasteiger partial charge in [-0.25, -0.2) is 4.99 Å².